The first-order valence-electron chi connectivity index (χ1n) is 7.53. The van der Waals surface area contributed by atoms with Gasteiger partial charge >= 0.3 is 0 Å². The molecule has 3 N–H and O–H groups in total. The van der Waals surface area contributed by atoms with Crippen LogP contribution in [0.25, 0.3) is 0 Å². The third-order valence-electron chi connectivity index (χ3n) is 4.41. The van der Waals surface area contributed by atoms with Gasteiger partial charge in [-0.3, -0.25) is 4.79 Å². The fourth-order valence-electron chi connectivity index (χ4n) is 3.46. The standard InChI is InChI=1S/C16H23N3O/c1-11(10-19-8-4-7-16(19)20)18-15-9-14(17)12-5-2-3-6-13(12)15/h2-3,5-6,11,14-15,18H,4,7-10,17H2,1H3. The van der Waals surface area contributed by atoms with Gasteiger partial charge in [0.15, 0.2) is 0 Å². The molecule has 3 atom stereocenters. The normalized spacial score (nSPS) is 26.9. The van der Waals surface area contributed by atoms with Crippen molar-refractivity contribution in [2.24, 2.45) is 5.73 Å². The number of nitrogens with one attached hydrogen (secondary N) is 1. The van der Waals surface area contributed by atoms with Crippen LogP contribution < -0.4 is 11.1 Å². The third kappa shape index (κ3) is 2.58. The second-order valence-corrected chi connectivity index (χ2v) is 6.03. The number of hydrogen-bond acceptors (Lipinski definition) is 3. The molecule has 3 unspecified atom stereocenters. The molecule has 1 aromatic rings. The molecule has 1 heterocycles. The summed E-state index contributed by atoms with van der Waals surface area (Å²) in [7, 11) is 0. The van der Waals surface area contributed by atoms with Crippen molar-refractivity contribution >= 4 is 5.91 Å². The Labute approximate surface area is 120 Å². The predicted molar refractivity (Wildman–Crippen MR) is 79.1 cm³/mol. The average molecular weight is 273 g/mol. The van der Waals surface area contributed by atoms with E-state index in [1.807, 2.05) is 11.0 Å². The number of benzene rings is 1. The van der Waals surface area contributed by atoms with E-state index < -0.39 is 0 Å². The zero-order valence-corrected chi connectivity index (χ0v) is 12.0. The third-order valence-corrected chi connectivity index (χ3v) is 4.41. The number of carbonyl (C=O) groups excluding carboxylic acids is 1. The van der Waals surface area contributed by atoms with E-state index in [4.69, 9.17) is 5.73 Å². The minimum atomic E-state index is 0.129. The Morgan fingerprint density at radius 2 is 2.15 bits per heavy atom. The molecule has 1 amide bonds. The van der Waals surface area contributed by atoms with Crippen molar-refractivity contribution in [1.29, 1.82) is 0 Å². The van der Waals surface area contributed by atoms with Crippen molar-refractivity contribution < 1.29 is 4.79 Å². The highest BCUT2D eigenvalue weighted by Gasteiger charge is 2.30. The summed E-state index contributed by atoms with van der Waals surface area (Å²) in [6.07, 6.45) is 2.66. The molecule has 1 aliphatic carbocycles. The fourth-order valence-corrected chi connectivity index (χ4v) is 3.46. The van der Waals surface area contributed by atoms with E-state index >= 15 is 0 Å². The number of nitrogens with zero attached hydrogens (tertiary/aromatic N) is 1. The summed E-state index contributed by atoms with van der Waals surface area (Å²) in [5.41, 5.74) is 8.77. The molecule has 4 nitrogen and oxygen atoms in total. The summed E-state index contributed by atoms with van der Waals surface area (Å²) >= 11 is 0. The van der Waals surface area contributed by atoms with Crippen molar-refractivity contribution in [3.8, 4) is 0 Å². The van der Waals surface area contributed by atoms with Gasteiger partial charge < -0.3 is 16.0 Å². The molecule has 0 saturated carbocycles. The van der Waals surface area contributed by atoms with Gasteiger partial charge in [0.25, 0.3) is 0 Å². The van der Waals surface area contributed by atoms with E-state index in [1.165, 1.54) is 11.1 Å². The number of fused-ring (bicyclic) bond motifs is 1. The molecule has 3 rings (SSSR count). The highest BCUT2D eigenvalue weighted by atomic mass is 16.2. The molecule has 108 valence electrons. The maximum Gasteiger partial charge on any atom is 0.222 e. The molecule has 4 heteroatoms. The van der Waals surface area contributed by atoms with Gasteiger partial charge in [-0.25, -0.2) is 0 Å². The molecule has 0 bridgehead atoms. The van der Waals surface area contributed by atoms with Crippen LogP contribution in [0.15, 0.2) is 24.3 Å². The van der Waals surface area contributed by atoms with E-state index in [0.717, 1.165) is 25.9 Å². The summed E-state index contributed by atoms with van der Waals surface area (Å²) < 4.78 is 0. The molecule has 2 aliphatic rings. The predicted octanol–water partition coefficient (Wildman–Crippen LogP) is 1.73. The molecule has 0 spiro atoms. The number of nitrogens with two attached hydrogens (primary N) is 1. The average Bonchev–Trinajstić information content (AvgIpc) is 2.96. The molecule has 0 radical (unpaired) electrons. The summed E-state index contributed by atoms with van der Waals surface area (Å²) in [4.78, 5) is 13.6. The van der Waals surface area contributed by atoms with Crippen LogP contribution >= 0.6 is 0 Å². The molecule has 1 saturated heterocycles. The zero-order chi connectivity index (χ0) is 14.1. The molecule has 1 aromatic carbocycles. The summed E-state index contributed by atoms with van der Waals surface area (Å²) in [5.74, 6) is 0.294. The maximum absolute atomic E-state index is 11.7. The number of hydrogen-bond donors (Lipinski definition) is 2. The van der Waals surface area contributed by atoms with Gasteiger partial charge in [-0.05, 0) is 30.9 Å². The molecular weight excluding hydrogens is 250 g/mol. The summed E-state index contributed by atoms with van der Waals surface area (Å²) in [6, 6.07) is 9.14. The van der Waals surface area contributed by atoms with Crippen LogP contribution in [0.5, 0.6) is 0 Å². The van der Waals surface area contributed by atoms with E-state index in [9.17, 15) is 4.79 Å². The lowest BCUT2D eigenvalue weighted by molar-refractivity contribution is -0.127. The summed E-state index contributed by atoms with van der Waals surface area (Å²) in [6.45, 7) is 3.86. The monoisotopic (exact) mass is 273 g/mol. The quantitative estimate of drug-likeness (QED) is 0.878. The number of likely N-dealkylation sites (tertiary alicyclic amines) is 1. The van der Waals surface area contributed by atoms with E-state index in [-0.39, 0.29) is 6.04 Å². The Morgan fingerprint density at radius 3 is 2.85 bits per heavy atom. The lowest BCUT2D eigenvalue weighted by atomic mass is 10.1. The van der Waals surface area contributed by atoms with Gasteiger partial charge in [0.2, 0.25) is 5.91 Å². The van der Waals surface area contributed by atoms with Crippen molar-refractivity contribution in [1.82, 2.24) is 10.2 Å². The van der Waals surface area contributed by atoms with Gasteiger partial charge in [0.05, 0.1) is 0 Å². The SMILES string of the molecule is CC(CN1CCCC1=O)NC1CC(N)c2ccccc21. The van der Waals surface area contributed by atoms with Gasteiger partial charge in [0, 0.05) is 37.6 Å². The highest BCUT2D eigenvalue weighted by molar-refractivity contribution is 5.78. The minimum Gasteiger partial charge on any atom is -0.341 e. The van der Waals surface area contributed by atoms with E-state index in [2.05, 4.69) is 30.4 Å². The highest BCUT2D eigenvalue weighted by Crippen LogP contribution is 2.37. The maximum atomic E-state index is 11.7. The number of amides is 1. The second-order valence-electron chi connectivity index (χ2n) is 6.03. The zero-order valence-electron chi connectivity index (χ0n) is 12.0. The number of rotatable bonds is 4. The van der Waals surface area contributed by atoms with Crippen LogP contribution in [0.4, 0.5) is 0 Å². The fraction of sp³-hybridized carbons (Fsp3) is 0.562. The molecule has 0 aromatic heterocycles. The first-order chi connectivity index (χ1) is 9.65. The van der Waals surface area contributed by atoms with Crippen molar-refractivity contribution in [2.75, 3.05) is 13.1 Å². The van der Waals surface area contributed by atoms with Crippen LogP contribution in [0, 0.1) is 0 Å². The first kappa shape index (κ1) is 13.6. The van der Waals surface area contributed by atoms with Crippen LogP contribution in [0.2, 0.25) is 0 Å². The lowest BCUT2D eigenvalue weighted by Crippen LogP contribution is -2.41. The Morgan fingerprint density at radius 1 is 1.40 bits per heavy atom. The minimum absolute atomic E-state index is 0.129. The number of carbonyl (C=O) groups is 1. The van der Waals surface area contributed by atoms with Gasteiger partial charge in [-0.2, -0.15) is 0 Å². The van der Waals surface area contributed by atoms with Gasteiger partial charge in [-0.1, -0.05) is 24.3 Å². The Balaban J connectivity index is 1.62. The molecule has 1 fully saturated rings. The van der Waals surface area contributed by atoms with E-state index in [1.54, 1.807) is 0 Å². The van der Waals surface area contributed by atoms with Crippen molar-refractivity contribution in [3.63, 3.8) is 0 Å². The Bertz CT molecular complexity index is 502. The Kier molecular flexibility index (Phi) is 3.76. The van der Waals surface area contributed by atoms with Crippen LogP contribution in [0.1, 0.15) is 49.4 Å². The molecule has 20 heavy (non-hydrogen) atoms. The molecular formula is C16H23N3O. The largest absolute Gasteiger partial charge is 0.341 e. The smallest absolute Gasteiger partial charge is 0.222 e. The van der Waals surface area contributed by atoms with Crippen LogP contribution in [0.3, 0.4) is 0 Å². The van der Waals surface area contributed by atoms with Crippen molar-refractivity contribution in [3.05, 3.63) is 35.4 Å². The van der Waals surface area contributed by atoms with Crippen LogP contribution in [-0.2, 0) is 4.79 Å². The van der Waals surface area contributed by atoms with Gasteiger partial charge in [-0.15, -0.1) is 0 Å². The Hall–Kier alpha value is -1.39. The lowest BCUT2D eigenvalue weighted by Gasteiger charge is -2.25. The van der Waals surface area contributed by atoms with Gasteiger partial charge in [0.1, 0.15) is 0 Å². The topological polar surface area (TPSA) is 58.4 Å². The molecule has 1 aliphatic heterocycles. The summed E-state index contributed by atoms with van der Waals surface area (Å²) in [5, 5.41) is 3.64. The second kappa shape index (κ2) is 5.54. The van der Waals surface area contributed by atoms with Crippen molar-refractivity contribution in [2.45, 2.75) is 44.3 Å². The first-order valence-corrected chi connectivity index (χ1v) is 7.53. The van der Waals surface area contributed by atoms with Crippen LogP contribution in [-0.4, -0.2) is 29.9 Å². The van der Waals surface area contributed by atoms with E-state index in [0.29, 0.717) is 24.4 Å².